The summed E-state index contributed by atoms with van der Waals surface area (Å²) in [5, 5.41) is 18.3. The van der Waals surface area contributed by atoms with Crippen LogP contribution in [0.4, 0.5) is 0 Å². The van der Waals surface area contributed by atoms with Gasteiger partial charge in [-0.25, -0.2) is 4.68 Å². The van der Waals surface area contributed by atoms with E-state index in [9.17, 15) is 9.90 Å². The van der Waals surface area contributed by atoms with E-state index in [0.717, 1.165) is 38.8 Å². The first-order chi connectivity index (χ1) is 11.4. The number of amides is 1. The van der Waals surface area contributed by atoms with Crippen LogP contribution < -0.4 is 0 Å². The average molecular weight is 334 g/mol. The minimum Gasteiger partial charge on any atom is -0.384 e. The van der Waals surface area contributed by atoms with E-state index < -0.39 is 5.60 Å². The highest BCUT2D eigenvalue weighted by atomic mass is 16.3. The summed E-state index contributed by atoms with van der Waals surface area (Å²) in [6.07, 6.45) is 10.8. The van der Waals surface area contributed by atoms with Gasteiger partial charge in [0, 0.05) is 19.0 Å². The van der Waals surface area contributed by atoms with Crippen molar-refractivity contribution >= 4 is 5.91 Å². The molecule has 1 aliphatic heterocycles. The number of likely N-dealkylation sites (tertiary alicyclic amines) is 1. The monoisotopic (exact) mass is 334 g/mol. The Bertz CT molecular complexity index is 548. The van der Waals surface area contributed by atoms with Gasteiger partial charge in [0.05, 0.1) is 12.2 Å². The smallest absolute Gasteiger partial charge is 0.225 e. The highest BCUT2D eigenvalue weighted by Crippen LogP contribution is 2.28. The van der Waals surface area contributed by atoms with Crippen LogP contribution >= 0.6 is 0 Å². The van der Waals surface area contributed by atoms with Gasteiger partial charge < -0.3 is 10.0 Å². The van der Waals surface area contributed by atoms with Gasteiger partial charge in [-0.2, -0.15) is 0 Å². The van der Waals surface area contributed by atoms with E-state index in [1.807, 2.05) is 10.9 Å². The molecule has 134 valence electrons. The normalized spacial score (nSPS) is 21.7. The van der Waals surface area contributed by atoms with Crippen LogP contribution in [0.1, 0.15) is 76.9 Å². The lowest BCUT2D eigenvalue weighted by Crippen LogP contribution is -2.42. The third kappa shape index (κ3) is 3.97. The van der Waals surface area contributed by atoms with Crippen LogP contribution in [0.5, 0.6) is 0 Å². The molecular formula is C18H30N4O2. The maximum atomic E-state index is 12.7. The average Bonchev–Trinajstić information content (AvgIpc) is 2.91. The predicted octanol–water partition coefficient (Wildman–Crippen LogP) is 2.64. The van der Waals surface area contributed by atoms with Crippen molar-refractivity contribution in [3.63, 3.8) is 0 Å². The Kier molecular flexibility index (Phi) is 5.23. The van der Waals surface area contributed by atoms with Crippen LogP contribution in [0.3, 0.4) is 0 Å². The Morgan fingerprint density at radius 1 is 1.12 bits per heavy atom. The molecule has 1 aliphatic carbocycles. The summed E-state index contributed by atoms with van der Waals surface area (Å²) in [6.45, 7) is 5.04. The van der Waals surface area contributed by atoms with Crippen LogP contribution in [-0.2, 0) is 10.4 Å². The summed E-state index contributed by atoms with van der Waals surface area (Å²) >= 11 is 0. The van der Waals surface area contributed by atoms with Crippen LogP contribution in [0.2, 0.25) is 0 Å². The van der Waals surface area contributed by atoms with Crippen molar-refractivity contribution in [1.29, 1.82) is 0 Å². The molecule has 2 aliphatic rings. The van der Waals surface area contributed by atoms with E-state index in [4.69, 9.17) is 0 Å². The fourth-order valence-corrected chi connectivity index (χ4v) is 3.87. The molecule has 2 heterocycles. The van der Waals surface area contributed by atoms with Gasteiger partial charge in [-0.3, -0.25) is 4.79 Å². The standard InChI is InChI=1S/C18H30N4O2/c1-18(2,24)16-13-22(20-19-16)15-9-11-21(12-10-15)17(23)14-7-5-3-4-6-8-14/h13-15,24H,3-12H2,1-2H3. The zero-order valence-corrected chi connectivity index (χ0v) is 14.9. The number of nitrogens with zero attached hydrogens (tertiary/aromatic N) is 4. The molecule has 1 saturated heterocycles. The number of aromatic nitrogens is 3. The molecule has 6 heteroatoms. The minimum atomic E-state index is -0.964. The van der Waals surface area contributed by atoms with Gasteiger partial charge in [0.2, 0.25) is 5.91 Å². The second kappa shape index (κ2) is 7.21. The summed E-state index contributed by atoms with van der Waals surface area (Å²) in [7, 11) is 0. The fourth-order valence-electron chi connectivity index (χ4n) is 3.87. The van der Waals surface area contributed by atoms with Crippen molar-refractivity contribution < 1.29 is 9.90 Å². The van der Waals surface area contributed by atoms with Crippen molar-refractivity contribution in [2.75, 3.05) is 13.1 Å². The first kappa shape index (κ1) is 17.4. The van der Waals surface area contributed by atoms with Gasteiger partial charge in [-0.05, 0) is 39.5 Å². The van der Waals surface area contributed by atoms with E-state index in [1.54, 1.807) is 13.8 Å². The Hall–Kier alpha value is -1.43. The molecule has 2 fully saturated rings. The Balaban J connectivity index is 1.55. The molecular weight excluding hydrogens is 304 g/mol. The van der Waals surface area contributed by atoms with E-state index in [-0.39, 0.29) is 12.0 Å². The van der Waals surface area contributed by atoms with Gasteiger partial charge in [-0.1, -0.05) is 30.9 Å². The van der Waals surface area contributed by atoms with Gasteiger partial charge in [0.15, 0.2) is 0 Å². The van der Waals surface area contributed by atoms with Gasteiger partial charge in [0.25, 0.3) is 0 Å². The summed E-state index contributed by atoms with van der Waals surface area (Å²) in [4.78, 5) is 14.8. The number of rotatable bonds is 3. The first-order valence-corrected chi connectivity index (χ1v) is 9.38. The molecule has 0 atom stereocenters. The second-order valence-corrected chi connectivity index (χ2v) is 7.89. The molecule has 1 aromatic rings. The van der Waals surface area contributed by atoms with Crippen molar-refractivity contribution in [3.05, 3.63) is 11.9 Å². The van der Waals surface area contributed by atoms with Crippen LogP contribution in [0.25, 0.3) is 0 Å². The van der Waals surface area contributed by atoms with Crippen LogP contribution in [0.15, 0.2) is 6.20 Å². The molecule has 0 bridgehead atoms. The lowest BCUT2D eigenvalue weighted by molar-refractivity contribution is -0.137. The molecule has 0 spiro atoms. The molecule has 1 aromatic heterocycles. The molecule has 24 heavy (non-hydrogen) atoms. The summed E-state index contributed by atoms with van der Waals surface area (Å²) in [5.41, 5.74) is -0.367. The van der Waals surface area contributed by atoms with E-state index in [2.05, 4.69) is 15.2 Å². The van der Waals surface area contributed by atoms with E-state index in [0.29, 0.717) is 11.6 Å². The zero-order chi connectivity index (χ0) is 17.2. The summed E-state index contributed by atoms with van der Waals surface area (Å²) < 4.78 is 1.86. The zero-order valence-electron chi connectivity index (χ0n) is 14.9. The number of aliphatic hydroxyl groups is 1. The number of hydrogen-bond acceptors (Lipinski definition) is 4. The van der Waals surface area contributed by atoms with Crippen molar-refractivity contribution in [2.24, 2.45) is 5.92 Å². The van der Waals surface area contributed by atoms with Crippen LogP contribution in [-0.4, -0.2) is 44.0 Å². The summed E-state index contributed by atoms with van der Waals surface area (Å²) in [5.74, 6) is 0.614. The first-order valence-electron chi connectivity index (χ1n) is 9.38. The largest absolute Gasteiger partial charge is 0.384 e. The van der Waals surface area contributed by atoms with Gasteiger partial charge in [-0.15, -0.1) is 5.10 Å². The Morgan fingerprint density at radius 3 is 2.29 bits per heavy atom. The number of piperidine rings is 1. The topological polar surface area (TPSA) is 71.2 Å². The van der Waals surface area contributed by atoms with Crippen molar-refractivity contribution in [1.82, 2.24) is 19.9 Å². The fraction of sp³-hybridized carbons (Fsp3) is 0.833. The van der Waals surface area contributed by atoms with Crippen LogP contribution in [0, 0.1) is 5.92 Å². The highest BCUT2D eigenvalue weighted by molar-refractivity contribution is 5.78. The van der Waals surface area contributed by atoms with Gasteiger partial charge >= 0.3 is 0 Å². The lowest BCUT2D eigenvalue weighted by Gasteiger charge is -2.34. The SMILES string of the molecule is CC(C)(O)c1cn(C2CCN(C(=O)C3CCCCCC3)CC2)nn1. The van der Waals surface area contributed by atoms with Crippen molar-refractivity contribution in [3.8, 4) is 0 Å². The molecule has 0 radical (unpaired) electrons. The molecule has 1 saturated carbocycles. The highest BCUT2D eigenvalue weighted by Gasteiger charge is 2.30. The second-order valence-electron chi connectivity index (χ2n) is 7.89. The molecule has 3 rings (SSSR count). The minimum absolute atomic E-state index is 0.247. The number of hydrogen-bond donors (Lipinski definition) is 1. The third-order valence-electron chi connectivity index (χ3n) is 5.49. The van der Waals surface area contributed by atoms with E-state index in [1.165, 1.54) is 25.7 Å². The molecule has 1 N–H and O–H groups in total. The third-order valence-corrected chi connectivity index (χ3v) is 5.49. The Morgan fingerprint density at radius 2 is 1.75 bits per heavy atom. The summed E-state index contributed by atoms with van der Waals surface area (Å²) in [6, 6.07) is 0.270. The Labute approximate surface area is 144 Å². The lowest BCUT2D eigenvalue weighted by atomic mass is 9.96. The molecule has 0 aromatic carbocycles. The van der Waals surface area contributed by atoms with Crippen molar-refractivity contribution in [2.45, 2.75) is 76.9 Å². The molecule has 1 amide bonds. The number of carbonyl (C=O) groups is 1. The van der Waals surface area contributed by atoms with Gasteiger partial charge in [0.1, 0.15) is 11.3 Å². The predicted molar refractivity (Wildman–Crippen MR) is 91.3 cm³/mol. The van der Waals surface area contributed by atoms with E-state index >= 15 is 0 Å². The maximum Gasteiger partial charge on any atom is 0.225 e. The maximum absolute atomic E-state index is 12.7. The molecule has 6 nitrogen and oxygen atoms in total. The molecule has 0 unspecified atom stereocenters. The quantitative estimate of drug-likeness (QED) is 0.863. The number of carbonyl (C=O) groups excluding carboxylic acids is 1.